The molecule has 3 aromatic rings. The van der Waals surface area contributed by atoms with Crippen molar-refractivity contribution in [2.45, 2.75) is 77.6 Å². The van der Waals surface area contributed by atoms with Crippen LogP contribution >= 0.6 is 0 Å². The Morgan fingerprint density at radius 1 is 0.886 bits per heavy atom. The molecule has 1 aliphatic carbocycles. The zero-order valence-electron chi connectivity index (χ0n) is 20.6. The molecule has 0 spiro atoms. The van der Waals surface area contributed by atoms with Crippen LogP contribution in [-0.4, -0.2) is 15.9 Å². The summed E-state index contributed by atoms with van der Waals surface area (Å²) in [4.78, 5) is 21.0. The van der Waals surface area contributed by atoms with Gasteiger partial charge in [-0.3, -0.25) is 0 Å². The van der Waals surface area contributed by atoms with E-state index in [1.54, 1.807) is 0 Å². The molecular weight excluding hydrogens is 439 g/mol. The normalized spacial score (nSPS) is 14.6. The van der Waals surface area contributed by atoms with Crippen LogP contribution in [0.1, 0.15) is 86.2 Å². The molecule has 0 N–H and O–H groups in total. The number of hydrogen-bond donors (Lipinski definition) is 0. The predicted octanol–water partition coefficient (Wildman–Crippen LogP) is 7.75. The van der Waals surface area contributed by atoms with E-state index in [0.29, 0.717) is 5.82 Å². The first kappa shape index (κ1) is 25.0. The van der Waals surface area contributed by atoms with Gasteiger partial charge in [0.15, 0.2) is 11.6 Å². The summed E-state index contributed by atoms with van der Waals surface area (Å²) >= 11 is 0. The Labute approximate surface area is 208 Å². The van der Waals surface area contributed by atoms with E-state index >= 15 is 0 Å². The summed E-state index contributed by atoms with van der Waals surface area (Å²) in [5.74, 6) is 0.648. The number of fused-ring (bicyclic) bond motifs is 1. The number of benzene rings is 2. The third kappa shape index (κ3) is 7.20. The van der Waals surface area contributed by atoms with Crippen molar-refractivity contribution in [3.63, 3.8) is 0 Å². The van der Waals surface area contributed by atoms with E-state index in [2.05, 4.69) is 35.1 Å². The van der Waals surface area contributed by atoms with Crippen molar-refractivity contribution in [3.8, 4) is 17.1 Å². The van der Waals surface area contributed by atoms with Crippen LogP contribution < -0.4 is 4.74 Å². The number of nitrogens with zero attached hydrogens (tertiary/aromatic N) is 2. The van der Waals surface area contributed by atoms with Crippen LogP contribution in [0.25, 0.3) is 11.4 Å². The van der Waals surface area contributed by atoms with E-state index in [1.165, 1.54) is 112 Å². The van der Waals surface area contributed by atoms with E-state index in [0.717, 1.165) is 17.9 Å². The lowest BCUT2D eigenvalue weighted by molar-refractivity contribution is 0.0733. The Morgan fingerprint density at radius 3 is 2.26 bits per heavy atom. The standard InChI is InChI=1S/C30H35FN2O2/c1-2-3-4-5-6-7-8-9-10-22-17-24-11-12-25(19-26(24)18-22)29-32-20-28(21-33-29)35-30(34)23-13-15-27(31)16-14-23/h11-16,19-22H,2-10,17-18H2,1H3. The molecule has 5 heteroatoms. The molecule has 0 aliphatic heterocycles. The summed E-state index contributed by atoms with van der Waals surface area (Å²) in [6.07, 6.45) is 17.6. The van der Waals surface area contributed by atoms with Crippen molar-refractivity contribution in [2.24, 2.45) is 5.92 Å². The Hall–Kier alpha value is -3.08. The van der Waals surface area contributed by atoms with Gasteiger partial charge < -0.3 is 4.74 Å². The molecule has 1 unspecified atom stereocenters. The summed E-state index contributed by atoms with van der Waals surface area (Å²) in [7, 11) is 0. The molecule has 0 bridgehead atoms. The minimum absolute atomic E-state index is 0.259. The molecule has 0 saturated carbocycles. The van der Waals surface area contributed by atoms with Gasteiger partial charge in [0, 0.05) is 5.56 Å². The van der Waals surface area contributed by atoms with Gasteiger partial charge in [-0.05, 0) is 66.6 Å². The van der Waals surface area contributed by atoms with Gasteiger partial charge in [-0.25, -0.2) is 19.2 Å². The predicted molar refractivity (Wildman–Crippen MR) is 137 cm³/mol. The van der Waals surface area contributed by atoms with Crippen LogP contribution in [0.2, 0.25) is 0 Å². The fourth-order valence-electron chi connectivity index (χ4n) is 4.89. The van der Waals surface area contributed by atoms with Gasteiger partial charge in [0.05, 0.1) is 18.0 Å². The third-order valence-corrected chi connectivity index (χ3v) is 6.87. The molecule has 184 valence electrons. The number of unbranched alkanes of at least 4 members (excludes halogenated alkanes) is 7. The summed E-state index contributed by atoms with van der Waals surface area (Å²) in [6.45, 7) is 2.27. The van der Waals surface area contributed by atoms with Crippen LogP contribution in [0.15, 0.2) is 54.9 Å². The summed E-state index contributed by atoms with van der Waals surface area (Å²) in [6, 6.07) is 11.7. The van der Waals surface area contributed by atoms with Gasteiger partial charge in [0.1, 0.15) is 5.82 Å². The molecule has 0 fully saturated rings. The second kappa shape index (κ2) is 12.6. The lowest BCUT2D eigenvalue weighted by Gasteiger charge is -2.08. The van der Waals surface area contributed by atoms with Crippen LogP contribution in [0.3, 0.4) is 0 Å². The molecule has 35 heavy (non-hydrogen) atoms. The highest BCUT2D eigenvalue weighted by Gasteiger charge is 2.22. The molecule has 1 aliphatic rings. The Balaban J connectivity index is 1.25. The summed E-state index contributed by atoms with van der Waals surface area (Å²) in [5, 5.41) is 0. The lowest BCUT2D eigenvalue weighted by Crippen LogP contribution is -2.09. The van der Waals surface area contributed by atoms with Crippen molar-refractivity contribution in [1.82, 2.24) is 9.97 Å². The number of rotatable bonds is 12. The first-order valence-corrected chi connectivity index (χ1v) is 13.0. The molecule has 4 nitrogen and oxygen atoms in total. The molecule has 1 atom stereocenters. The van der Waals surface area contributed by atoms with E-state index in [9.17, 15) is 9.18 Å². The zero-order valence-corrected chi connectivity index (χ0v) is 20.6. The van der Waals surface area contributed by atoms with Crippen molar-refractivity contribution < 1.29 is 13.9 Å². The Bertz CT molecular complexity index is 1100. The van der Waals surface area contributed by atoms with Gasteiger partial charge in [-0.2, -0.15) is 0 Å². The summed E-state index contributed by atoms with van der Waals surface area (Å²) in [5.41, 5.74) is 4.11. The molecule has 1 heterocycles. The smallest absolute Gasteiger partial charge is 0.343 e. The molecular formula is C30H35FN2O2. The number of carbonyl (C=O) groups is 1. The Morgan fingerprint density at radius 2 is 1.54 bits per heavy atom. The van der Waals surface area contributed by atoms with Crippen LogP contribution in [0.5, 0.6) is 5.75 Å². The van der Waals surface area contributed by atoms with Crippen molar-refractivity contribution in [1.29, 1.82) is 0 Å². The van der Waals surface area contributed by atoms with E-state index in [-0.39, 0.29) is 11.3 Å². The SMILES string of the molecule is CCCCCCCCCCC1Cc2ccc(-c3ncc(OC(=O)c4ccc(F)cc4)cn3)cc2C1. The number of aromatic nitrogens is 2. The number of esters is 1. The molecule has 1 aromatic heterocycles. The van der Waals surface area contributed by atoms with Gasteiger partial charge in [-0.1, -0.05) is 70.4 Å². The zero-order chi connectivity index (χ0) is 24.5. The number of carbonyl (C=O) groups excluding carboxylic acids is 1. The van der Waals surface area contributed by atoms with Crippen molar-refractivity contribution in [2.75, 3.05) is 0 Å². The average Bonchev–Trinajstić information content (AvgIpc) is 3.28. The maximum absolute atomic E-state index is 13.0. The fourth-order valence-corrected chi connectivity index (χ4v) is 4.89. The highest BCUT2D eigenvalue weighted by atomic mass is 19.1. The first-order valence-electron chi connectivity index (χ1n) is 13.0. The molecule has 0 amide bonds. The van der Waals surface area contributed by atoms with Gasteiger partial charge in [0.2, 0.25) is 0 Å². The quantitative estimate of drug-likeness (QED) is 0.199. The molecule has 4 rings (SSSR count). The topological polar surface area (TPSA) is 52.1 Å². The van der Waals surface area contributed by atoms with Crippen LogP contribution in [0.4, 0.5) is 4.39 Å². The van der Waals surface area contributed by atoms with Gasteiger partial charge >= 0.3 is 5.97 Å². The monoisotopic (exact) mass is 474 g/mol. The van der Waals surface area contributed by atoms with E-state index < -0.39 is 11.8 Å². The number of halogens is 1. The van der Waals surface area contributed by atoms with E-state index in [4.69, 9.17) is 4.74 Å². The highest BCUT2D eigenvalue weighted by molar-refractivity contribution is 5.90. The third-order valence-electron chi connectivity index (χ3n) is 6.87. The number of hydrogen-bond acceptors (Lipinski definition) is 4. The fraction of sp³-hybridized carbons (Fsp3) is 0.433. The second-order valence-electron chi connectivity index (χ2n) is 9.66. The highest BCUT2D eigenvalue weighted by Crippen LogP contribution is 2.33. The van der Waals surface area contributed by atoms with Gasteiger partial charge in [-0.15, -0.1) is 0 Å². The molecule has 0 saturated heterocycles. The summed E-state index contributed by atoms with van der Waals surface area (Å²) < 4.78 is 18.4. The minimum atomic E-state index is -0.568. The van der Waals surface area contributed by atoms with Crippen molar-refractivity contribution in [3.05, 3.63) is 77.4 Å². The molecule has 0 radical (unpaired) electrons. The Kier molecular flexibility index (Phi) is 8.99. The maximum Gasteiger partial charge on any atom is 0.343 e. The second-order valence-corrected chi connectivity index (χ2v) is 9.66. The largest absolute Gasteiger partial charge is 0.420 e. The molecule has 2 aromatic carbocycles. The minimum Gasteiger partial charge on any atom is -0.420 e. The van der Waals surface area contributed by atoms with E-state index in [1.807, 2.05) is 0 Å². The number of ether oxygens (including phenoxy) is 1. The van der Waals surface area contributed by atoms with Crippen molar-refractivity contribution >= 4 is 5.97 Å². The first-order chi connectivity index (χ1) is 17.1. The maximum atomic E-state index is 13.0. The van der Waals surface area contributed by atoms with Crippen LogP contribution in [0, 0.1) is 11.7 Å². The lowest BCUT2D eigenvalue weighted by atomic mass is 9.97. The average molecular weight is 475 g/mol. The van der Waals surface area contributed by atoms with Crippen LogP contribution in [-0.2, 0) is 12.8 Å². The van der Waals surface area contributed by atoms with Gasteiger partial charge in [0.25, 0.3) is 0 Å².